The summed E-state index contributed by atoms with van der Waals surface area (Å²) in [5, 5.41) is 26.1. The number of urea groups is 1. The fraction of sp³-hybridized carbons (Fsp3) is 0.289. The quantitative estimate of drug-likeness (QED) is 0.0337. The van der Waals surface area contributed by atoms with E-state index in [1.54, 1.807) is 91.3 Å². The van der Waals surface area contributed by atoms with Crippen molar-refractivity contribution in [1.29, 1.82) is 0 Å². The predicted octanol–water partition coefficient (Wildman–Crippen LogP) is 4.31. The van der Waals surface area contributed by atoms with Crippen LogP contribution in [-0.2, 0) is 46.3 Å². The summed E-state index contributed by atoms with van der Waals surface area (Å²) in [5.41, 5.74) is 4.03. The number of ether oxygens (including phenoxy) is 1. The van der Waals surface area contributed by atoms with E-state index in [9.17, 15) is 38.7 Å². The number of aromatic nitrogens is 1. The molecular weight excluding hydrogens is 783 g/mol. The van der Waals surface area contributed by atoms with Gasteiger partial charge in [0, 0.05) is 49.2 Å². The first-order valence-electron chi connectivity index (χ1n) is 19.7. The van der Waals surface area contributed by atoms with Gasteiger partial charge in [-0.05, 0) is 85.2 Å². The lowest BCUT2D eigenvalue weighted by Crippen LogP contribution is -2.56. The van der Waals surface area contributed by atoms with E-state index in [0.29, 0.717) is 35.3 Å². The average molecular weight is 834 g/mol. The molecule has 16 nitrogen and oxygen atoms in total. The molecule has 320 valence electrons. The van der Waals surface area contributed by atoms with Gasteiger partial charge in [0.2, 0.25) is 23.6 Å². The molecule has 0 saturated carbocycles. The number of amides is 6. The Morgan fingerprint density at radius 2 is 1.43 bits per heavy atom. The van der Waals surface area contributed by atoms with Crippen molar-refractivity contribution in [2.75, 3.05) is 24.3 Å². The molecule has 3 aromatic carbocycles. The number of hydrogen-bond donors (Lipinski definition) is 7. The zero-order valence-corrected chi connectivity index (χ0v) is 34.0. The van der Waals surface area contributed by atoms with E-state index in [1.165, 1.54) is 13.2 Å². The number of rotatable bonds is 22. The Kier molecular flexibility index (Phi) is 18.6. The van der Waals surface area contributed by atoms with E-state index >= 15 is 0 Å². The number of carbonyl (C=O) groups excluding carboxylic acids is 6. The molecular formula is C45H51N7O9. The van der Waals surface area contributed by atoms with Gasteiger partial charge in [-0.25, -0.2) is 9.59 Å². The SMILES string of the molecule is COC(=O)CCC(NC(=O)C(CCCCNC(=O)/C=C/c1cccnc1)NC(=O)Cc1ccc(NC(=O)Nc2ccccc2C)cc1)C(=O)N[C@@H](Cc1ccccc1)C(=O)O. The van der Waals surface area contributed by atoms with E-state index in [4.69, 9.17) is 4.74 Å². The van der Waals surface area contributed by atoms with Gasteiger partial charge in [-0.15, -0.1) is 0 Å². The number of nitrogens with one attached hydrogen (secondary N) is 6. The first-order valence-corrected chi connectivity index (χ1v) is 19.7. The number of carboxylic acid groups (broad SMARTS) is 1. The van der Waals surface area contributed by atoms with Crippen LogP contribution in [0.3, 0.4) is 0 Å². The maximum atomic E-state index is 13.9. The summed E-state index contributed by atoms with van der Waals surface area (Å²) in [4.78, 5) is 94.1. The Bertz CT molecular complexity index is 2130. The predicted molar refractivity (Wildman–Crippen MR) is 229 cm³/mol. The molecule has 2 unspecified atom stereocenters. The Hall–Kier alpha value is -7.36. The number of methoxy groups -OCH3 is 1. The molecule has 0 aliphatic carbocycles. The van der Waals surface area contributed by atoms with Crippen LogP contribution in [-0.4, -0.2) is 83.5 Å². The van der Waals surface area contributed by atoms with Crippen LogP contribution in [0.5, 0.6) is 0 Å². The highest BCUT2D eigenvalue weighted by atomic mass is 16.5. The Morgan fingerprint density at radius 3 is 2.10 bits per heavy atom. The summed E-state index contributed by atoms with van der Waals surface area (Å²) >= 11 is 0. The van der Waals surface area contributed by atoms with E-state index in [2.05, 4.69) is 36.9 Å². The fourth-order valence-corrected chi connectivity index (χ4v) is 6.02. The van der Waals surface area contributed by atoms with Crippen molar-refractivity contribution in [1.82, 2.24) is 26.3 Å². The molecule has 0 spiro atoms. The van der Waals surface area contributed by atoms with Crippen LogP contribution in [0.1, 0.15) is 54.4 Å². The van der Waals surface area contributed by atoms with Gasteiger partial charge in [-0.3, -0.25) is 29.0 Å². The summed E-state index contributed by atoms with van der Waals surface area (Å²) in [7, 11) is 1.18. The minimum absolute atomic E-state index is 0.0360. The van der Waals surface area contributed by atoms with Gasteiger partial charge < -0.3 is 41.7 Å². The highest BCUT2D eigenvalue weighted by Gasteiger charge is 2.30. The Labute approximate surface area is 353 Å². The Morgan fingerprint density at radius 1 is 0.738 bits per heavy atom. The van der Waals surface area contributed by atoms with E-state index < -0.39 is 53.8 Å². The number of aliphatic carboxylic acids is 1. The van der Waals surface area contributed by atoms with Crippen molar-refractivity contribution in [3.63, 3.8) is 0 Å². The molecule has 61 heavy (non-hydrogen) atoms. The van der Waals surface area contributed by atoms with E-state index in [1.807, 2.05) is 25.1 Å². The molecule has 0 saturated heterocycles. The lowest BCUT2D eigenvalue weighted by atomic mass is 10.0. The summed E-state index contributed by atoms with van der Waals surface area (Å²) in [6.07, 6.45) is 6.49. The van der Waals surface area contributed by atoms with Crippen molar-refractivity contribution < 1.29 is 43.4 Å². The maximum Gasteiger partial charge on any atom is 0.326 e. The molecule has 4 aromatic rings. The van der Waals surface area contributed by atoms with Crippen LogP contribution in [0.2, 0.25) is 0 Å². The zero-order valence-electron chi connectivity index (χ0n) is 34.0. The normalized spacial score (nSPS) is 12.2. The van der Waals surface area contributed by atoms with Crippen molar-refractivity contribution in [3.8, 4) is 0 Å². The topological polar surface area (TPSA) is 234 Å². The van der Waals surface area contributed by atoms with Gasteiger partial charge in [0.1, 0.15) is 18.1 Å². The van der Waals surface area contributed by atoms with Gasteiger partial charge in [-0.2, -0.15) is 0 Å². The van der Waals surface area contributed by atoms with Crippen LogP contribution in [0.15, 0.2) is 109 Å². The number of carboxylic acids is 1. The molecule has 1 aromatic heterocycles. The van der Waals surface area contributed by atoms with Gasteiger partial charge >= 0.3 is 18.0 Å². The van der Waals surface area contributed by atoms with Crippen molar-refractivity contribution >= 4 is 59.0 Å². The summed E-state index contributed by atoms with van der Waals surface area (Å²) in [6.45, 7) is 2.14. The number of benzene rings is 3. The number of carbonyl (C=O) groups is 7. The van der Waals surface area contributed by atoms with E-state index in [-0.39, 0.29) is 44.6 Å². The highest BCUT2D eigenvalue weighted by Crippen LogP contribution is 2.16. The number of aryl methyl sites for hydroxylation is 1. The first kappa shape index (κ1) is 46.3. The third-order valence-corrected chi connectivity index (χ3v) is 9.35. The second kappa shape index (κ2) is 24.5. The first-order chi connectivity index (χ1) is 29.4. The lowest BCUT2D eigenvalue weighted by Gasteiger charge is -2.24. The highest BCUT2D eigenvalue weighted by molar-refractivity contribution is 6.00. The Balaban J connectivity index is 1.42. The van der Waals surface area contributed by atoms with Crippen LogP contribution >= 0.6 is 0 Å². The van der Waals surface area contributed by atoms with Crippen LogP contribution < -0.4 is 31.9 Å². The van der Waals surface area contributed by atoms with Crippen molar-refractivity contribution in [2.45, 2.75) is 70.0 Å². The van der Waals surface area contributed by atoms with Gasteiger partial charge in [0.15, 0.2) is 0 Å². The monoisotopic (exact) mass is 833 g/mol. The van der Waals surface area contributed by atoms with E-state index in [0.717, 1.165) is 11.1 Å². The number of nitrogens with zero attached hydrogens (tertiary/aromatic N) is 1. The second-order valence-corrected chi connectivity index (χ2v) is 14.1. The third-order valence-electron chi connectivity index (χ3n) is 9.35. The van der Waals surface area contributed by atoms with Gasteiger partial charge in [-0.1, -0.05) is 66.7 Å². The molecule has 0 aliphatic rings. The molecule has 0 fully saturated rings. The van der Waals surface area contributed by atoms with Crippen LogP contribution in [0.4, 0.5) is 16.2 Å². The molecule has 4 rings (SSSR count). The van der Waals surface area contributed by atoms with Crippen molar-refractivity contribution in [2.24, 2.45) is 0 Å². The molecule has 7 N–H and O–H groups in total. The number of esters is 1. The molecule has 0 aliphatic heterocycles. The molecule has 3 atom stereocenters. The standard InChI is InChI=1S/C45H51N7O9/c1-30-11-6-7-15-35(30)52-45(60)48-34-20-17-32(18-21-34)28-40(54)49-36(16-8-9-26-47-39(53)23-19-33-14-10-25-46-29-33)42(56)50-37(22-24-41(55)61-2)43(57)51-38(44(58)59)27-31-12-4-3-5-13-31/h3-7,10-15,17-21,23,25,29,36-38H,8-9,16,22,24,26-28H2,1-2H3,(H,47,53)(H,49,54)(H,50,56)(H,51,57)(H,58,59)(H2,48,52,60)/b23-19+/t36?,37?,38-/m0/s1. The van der Waals surface area contributed by atoms with Crippen LogP contribution in [0, 0.1) is 6.92 Å². The molecule has 6 amide bonds. The zero-order chi connectivity index (χ0) is 44.0. The van der Waals surface area contributed by atoms with Gasteiger partial charge in [0.25, 0.3) is 0 Å². The number of pyridine rings is 1. The molecule has 16 heteroatoms. The van der Waals surface area contributed by atoms with Crippen molar-refractivity contribution in [3.05, 3.63) is 132 Å². The minimum atomic E-state index is -1.36. The lowest BCUT2D eigenvalue weighted by molar-refractivity contribution is -0.143. The van der Waals surface area contributed by atoms with Crippen LogP contribution in [0.25, 0.3) is 6.08 Å². The number of unbranched alkanes of at least 4 members (excludes halogenated alkanes) is 1. The third kappa shape index (κ3) is 16.8. The molecule has 0 bridgehead atoms. The fourth-order valence-electron chi connectivity index (χ4n) is 6.02. The summed E-state index contributed by atoms with van der Waals surface area (Å²) in [6, 6.07) is 21.8. The number of para-hydroxylation sites is 1. The number of anilines is 2. The maximum absolute atomic E-state index is 13.9. The smallest absolute Gasteiger partial charge is 0.326 e. The molecule has 0 radical (unpaired) electrons. The summed E-state index contributed by atoms with van der Waals surface area (Å²) < 4.78 is 4.73. The largest absolute Gasteiger partial charge is 0.480 e. The average Bonchev–Trinajstić information content (AvgIpc) is 3.25. The second-order valence-electron chi connectivity index (χ2n) is 14.1. The minimum Gasteiger partial charge on any atom is -0.480 e. The number of hydrogen-bond acceptors (Lipinski definition) is 9. The summed E-state index contributed by atoms with van der Waals surface area (Å²) in [5.74, 6) is -4.37. The van der Waals surface area contributed by atoms with Gasteiger partial charge in [0.05, 0.1) is 13.5 Å². The molecule has 1 heterocycles.